The molecule has 3 nitrogen and oxygen atoms in total. The molecule has 1 heterocycles. The van der Waals surface area contributed by atoms with Crippen LogP contribution in [0.5, 0.6) is 0 Å². The molecule has 0 aromatic heterocycles. The zero-order chi connectivity index (χ0) is 9.97. The Morgan fingerprint density at radius 1 is 1.50 bits per heavy atom. The Morgan fingerprint density at radius 2 is 2.36 bits per heavy atom. The van der Waals surface area contributed by atoms with Gasteiger partial charge in [0.1, 0.15) is 6.04 Å². The van der Waals surface area contributed by atoms with Crippen LogP contribution in [0.3, 0.4) is 0 Å². The molecule has 1 saturated heterocycles. The fourth-order valence-electron chi connectivity index (χ4n) is 2.16. The average Bonchev–Trinajstić information content (AvgIpc) is 2.68. The molecular weight excluding hydrogens is 178 g/mol. The van der Waals surface area contributed by atoms with Crippen LogP contribution in [-0.4, -0.2) is 23.7 Å². The molecule has 0 amide bonds. The van der Waals surface area contributed by atoms with Crippen LogP contribution in [0.1, 0.15) is 19.3 Å². The van der Waals surface area contributed by atoms with Crippen LogP contribution in [0.15, 0.2) is 23.8 Å². The molecule has 0 aromatic carbocycles. The van der Waals surface area contributed by atoms with Gasteiger partial charge >= 0.3 is 5.97 Å². The summed E-state index contributed by atoms with van der Waals surface area (Å²) < 4.78 is 0. The van der Waals surface area contributed by atoms with Crippen molar-refractivity contribution in [1.82, 2.24) is 5.32 Å². The van der Waals surface area contributed by atoms with Gasteiger partial charge in [0.25, 0.3) is 0 Å². The number of rotatable bonds is 2. The second-order valence-corrected chi connectivity index (χ2v) is 3.92. The zero-order valence-electron chi connectivity index (χ0n) is 8.07. The molecule has 76 valence electrons. The first-order valence-electron chi connectivity index (χ1n) is 5.07. The summed E-state index contributed by atoms with van der Waals surface area (Å²) in [5.74, 6) is -0.291. The smallest absolute Gasteiger partial charge is 0.320 e. The minimum Gasteiger partial charge on any atom is -0.480 e. The van der Waals surface area contributed by atoms with E-state index < -0.39 is 5.97 Å². The normalized spacial score (nSPS) is 31.6. The van der Waals surface area contributed by atoms with Gasteiger partial charge in [0.15, 0.2) is 0 Å². The molecule has 1 aliphatic heterocycles. The lowest BCUT2D eigenvalue weighted by Crippen LogP contribution is -2.29. The number of carbonyl (C=O) groups is 1. The molecule has 2 atom stereocenters. The van der Waals surface area contributed by atoms with Gasteiger partial charge in [-0.25, -0.2) is 0 Å². The molecule has 0 radical (unpaired) electrons. The first-order chi connectivity index (χ1) is 6.77. The minimum absolute atomic E-state index is 0.341. The number of hydrogen-bond acceptors (Lipinski definition) is 2. The third kappa shape index (κ3) is 1.87. The van der Waals surface area contributed by atoms with E-state index >= 15 is 0 Å². The van der Waals surface area contributed by atoms with Gasteiger partial charge in [0.05, 0.1) is 0 Å². The first kappa shape index (κ1) is 9.46. The molecule has 2 N–H and O–H groups in total. The standard InChI is InChI=1S/C11H15NO2/c13-11(14)10-6-9(7-12-10)8-4-2-1-3-5-8/h1-2,5,9-10,12H,3-4,6-7H2,(H,13,14)/t9?,10-/m0/s1. The van der Waals surface area contributed by atoms with E-state index in [1.165, 1.54) is 5.57 Å². The van der Waals surface area contributed by atoms with Crippen LogP contribution in [-0.2, 0) is 4.79 Å². The lowest BCUT2D eigenvalue weighted by molar-refractivity contribution is -0.139. The van der Waals surface area contributed by atoms with Crippen LogP contribution in [0.4, 0.5) is 0 Å². The molecule has 0 spiro atoms. The number of carboxylic acids is 1. The highest BCUT2D eigenvalue weighted by Crippen LogP contribution is 2.27. The Bertz CT molecular complexity index is 294. The summed E-state index contributed by atoms with van der Waals surface area (Å²) in [6.45, 7) is 0.816. The molecule has 2 aliphatic rings. The van der Waals surface area contributed by atoms with E-state index in [-0.39, 0.29) is 6.04 Å². The zero-order valence-corrected chi connectivity index (χ0v) is 8.07. The van der Waals surface area contributed by atoms with Gasteiger partial charge in [0.2, 0.25) is 0 Å². The van der Waals surface area contributed by atoms with Crippen molar-refractivity contribution in [3.8, 4) is 0 Å². The summed E-state index contributed by atoms with van der Waals surface area (Å²) in [4.78, 5) is 10.7. The Labute approximate surface area is 83.5 Å². The number of carboxylic acid groups (broad SMARTS) is 1. The topological polar surface area (TPSA) is 49.3 Å². The van der Waals surface area contributed by atoms with Gasteiger partial charge < -0.3 is 10.4 Å². The van der Waals surface area contributed by atoms with E-state index in [0.717, 1.165) is 25.8 Å². The van der Waals surface area contributed by atoms with Crippen molar-refractivity contribution in [2.45, 2.75) is 25.3 Å². The van der Waals surface area contributed by atoms with Crippen molar-refractivity contribution in [2.24, 2.45) is 5.92 Å². The largest absolute Gasteiger partial charge is 0.480 e. The number of hydrogen-bond donors (Lipinski definition) is 2. The SMILES string of the molecule is O=C(O)[C@@H]1CC(C2=CCC=CC2)CN1. The maximum Gasteiger partial charge on any atom is 0.320 e. The van der Waals surface area contributed by atoms with E-state index in [1.807, 2.05) is 0 Å². The summed E-state index contributed by atoms with van der Waals surface area (Å²) in [6, 6.07) is -0.341. The predicted octanol–water partition coefficient (Wildman–Crippen LogP) is 1.33. The summed E-state index contributed by atoms with van der Waals surface area (Å²) >= 11 is 0. The number of allylic oxidation sites excluding steroid dienone is 3. The quantitative estimate of drug-likeness (QED) is 0.650. The van der Waals surface area contributed by atoms with Crippen LogP contribution in [0.2, 0.25) is 0 Å². The van der Waals surface area contributed by atoms with E-state index in [4.69, 9.17) is 5.11 Å². The van der Waals surface area contributed by atoms with Gasteiger partial charge in [0, 0.05) is 6.54 Å². The maximum atomic E-state index is 10.7. The van der Waals surface area contributed by atoms with Crippen molar-refractivity contribution in [3.63, 3.8) is 0 Å². The third-order valence-corrected chi connectivity index (χ3v) is 2.99. The number of nitrogens with one attached hydrogen (secondary N) is 1. The molecule has 0 saturated carbocycles. The summed E-state index contributed by atoms with van der Waals surface area (Å²) in [6.07, 6.45) is 9.30. The van der Waals surface area contributed by atoms with Crippen molar-refractivity contribution in [1.29, 1.82) is 0 Å². The molecular formula is C11H15NO2. The highest BCUT2D eigenvalue weighted by Gasteiger charge is 2.30. The fourth-order valence-corrected chi connectivity index (χ4v) is 2.16. The fraction of sp³-hybridized carbons (Fsp3) is 0.545. The van der Waals surface area contributed by atoms with Crippen LogP contribution in [0, 0.1) is 5.92 Å². The molecule has 1 fully saturated rings. The first-order valence-corrected chi connectivity index (χ1v) is 5.07. The summed E-state index contributed by atoms with van der Waals surface area (Å²) in [5.41, 5.74) is 1.41. The highest BCUT2D eigenvalue weighted by molar-refractivity contribution is 5.74. The van der Waals surface area contributed by atoms with Crippen LogP contribution < -0.4 is 5.32 Å². The lowest BCUT2D eigenvalue weighted by atomic mass is 9.90. The van der Waals surface area contributed by atoms with E-state index in [9.17, 15) is 4.79 Å². The molecule has 14 heavy (non-hydrogen) atoms. The van der Waals surface area contributed by atoms with Gasteiger partial charge in [-0.1, -0.05) is 23.8 Å². The third-order valence-electron chi connectivity index (χ3n) is 2.99. The second-order valence-electron chi connectivity index (χ2n) is 3.92. The molecule has 2 rings (SSSR count). The molecule has 0 aromatic rings. The van der Waals surface area contributed by atoms with E-state index in [2.05, 4.69) is 23.5 Å². The Balaban J connectivity index is 1.95. The molecule has 1 unspecified atom stereocenters. The molecule has 3 heteroatoms. The molecule has 0 bridgehead atoms. The van der Waals surface area contributed by atoms with E-state index in [1.54, 1.807) is 0 Å². The van der Waals surface area contributed by atoms with Gasteiger partial charge in [-0.15, -0.1) is 0 Å². The van der Waals surface area contributed by atoms with Crippen LogP contribution in [0.25, 0.3) is 0 Å². The predicted molar refractivity (Wildman–Crippen MR) is 54.0 cm³/mol. The van der Waals surface area contributed by atoms with Crippen LogP contribution >= 0.6 is 0 Å². The molecule has 1 aliphatic carbocycles. The highest BCUT2D eigenvalue weighted by atomic mass is 16.4. The maximum absolute atomic E-state index is 10.7. The second kappa shape index (κ2) is 3.96. The Hall–Kier alpha value is -1.09. The van der Waals surface area contributed by atoms with Crippen molar-refractivity contribution >= 4 is 5.97 Å². The van der Waals surface area contributed by atoms with Gasteiger partial charge in [-0.3, -0.25) is 4.79 Å². The van der Waals surface area contributed by atoms with E-state index in [0.29, 0.717) is 5.92 Å². The minimum atomic E-state index is -0.723. The lowest BCUT2D eigenvalue weighted by Gasteiger charge is -2.14. The van der Waals surface area contributed by atoms with Crippen molar-refractivity contribution in [3.05, 3.63) is 23.8 Å². The Kier molecular flexibility index (Phi) is 2.68. The monoisotopic (exact) mass is 193 g/mol. The summed E-state index contributed by atoms with van der Waals surface area (Å²) in [7, 11) is 0. The van der Waals surface area contributed by atoms with Crippen molar-refractivity contribution < 1.29 is 9.90 Å². The van der Waals surface area contributed by atoms with Gasteiger partial charge in [-0.2, -0.15) is 0 Å². The van der Waals surface area contributed by atoms with Crippen molar-refractivity contribution in [2.75, 3.05) is 6.54 Å². The Morgan fingerprint density at radius 3 is 2.93 bits per heavy atom. The average molecular weight is 193 g/mol. The summed E-state index contributed by atoms with van der Waals surface area (Å²) in [5, 5.41) is 11.9. The van der Waals surface area contributed by atoms with Gasteiger partial charge in [-0.05, 0) is 25.2 Å². The number of aliphatic carboxylic acids is 1.